The Morgan fingerprint density at radius 1 is 1.38 bits per heavy atom. The highest BCUT2D eigenvalue weighted by molar-refractivity contribution is 6.30. The highest BCUT2D eigenvalue weighted by Crippen LogP contribution is 2.25. The maximum atomic E-state index is 5.89. The second kappa shape index (κ2) is 4.03. The normalized spacial score (nSPS) is 21.4. The fraction of sp³-hybridized carbons (Fsp3) is 0.455. The lowest BCUT2D eigenvalue weighted by Crippen LogP contribution is -2.12. The lowest BCUT2D eigenvalue weighted by Gasteiger charge is -2.19. The van der Waals surface area contributed by atoms with Crippen molar-refractivity contribution in [2.45, 2.75) is 25.4 Å². The quantitative estimate of drug-likeness (QED) is 0.766. The van der Waals surface area contributed by atoms with E-state index in [0.29, 0.717) is 5.02 Å². The fourth-order valence-corrected chi connectivity index (χ4v) is 2.11. The van der Waals surface area contributed by atoms with Gasteiger partial charge in [-0.15, -0.1) is 5.10 Å². The molecule has 0 aromatic carbocycles. The van der Waals surface area contributed by atoms with E-state index < -0.39 is 0 Å². The second-order valence-corrected chi connectivity index (χ2v) is 4.41. The van der Waals surface area contributed by atoms with Gasteiger partial charge in [-0.3, -0.25) is 0 Å². The second-order valence-electron chi connectivity index (χ2n) is 3.98. The van der Waals surface area contributed by atoms with Crippen molar-refractivity contribution in [2.24, 2.45) is 0 Å². The maximum Gasteiger partial charge on any atom is 0.180 e. The van der Waals surface area contributed by atoms with Gasteiger partial charge in [0.25, 0.3) is 0 Å². The van der Waals surface area contributed by atoms with Gasteiger partial charge in [0.15, 0.2) is 11.5 Å². The smallest absolute Gasteiger partial charge is 0.180 e. The van der Waals surface area contributed by atoms with Crippen molar-refractivity contribution in [3.8, 4) is 0 Å². The molecule has 0 bridgehead atoms. The van der Waals surface area contributed by atoms with Gasteiger partial charge in [0, 0.05) is 12.8 Å². The van der Waals surface area contributed by atoms with Crippen LogP contribution < -0.4 is 0 Å². The number of fused-ring (bicyclic) bond motifs is 1. The van der Waals surface area contributed by atoms with E-state index in [-0.39, 0.29) is 6.10 Å². The minimum atomic E-state index is 0.0485. The van der Waals surface area contributed by atoms with Crippen molar-refractivity contribution >= 4 is 17.2 Å². The number of pyridine rings is 1. The van der Waals surface area contributed by atoms with Crippen LogP contribution in [0.15, 0.2) is 18.3 Å². The number of nitrogens with zero attached hydrogens (tertiary/aromatic N) is 3. The van der Waals surface area contributed by atoms with Gasteiger partial charge in [-0.2, -0.15) is 0 Å². The molecule has 0 radical (unpaired) electrons. The van der Waals surface area contributed by atoms with Crippen molar-refractivity contribution in [1.29, 1.82) is 0 Å². The van der Waals surface area contributed by atoms with Crippen LogP contribution in [0.5, 0.6) is 0 Å². The lowest BCUT2D eigenvalue weighted by molar-refractivity contribution is 0.00962. The summed E-state index contributed by atoms with van der Waals surface area (Å²) < 4.78 is 7.36. The van der Waals surface area contributed by atoms with E-state index in [9.17, 15) is 0 Å². The molecule has 1 aliphatic rings. The minimum Gasteiger partial charge on any atom is -0.370 e. The Morgan fingerprint density at radius 2 is 2.31 bits per heavy atom. The molecule has 0 aliphatic carbocycles. The zero-order valence-electron chi connectivity index (χ0n) is 8.77. The van der Waals surface area contributed by atoms with Crippen molar-refractivity contribution in [3.05, 3.63) is 29.2 Å². The summed E-state index contributed by atoms with van der Waals surface area (Å²) in [5, 5.41) is 5.05. The van der Waals surface area contributed by atoms with E-state index >= 15 is 0 Å². The summed E-state index contributed by atoms with van der Waals surface area (Å²) in [7, 11) is 0. The summed E-state index contributed by atoms with van der Waals surface area (Å²) in [6.45, 7) is 0.807. The fourth-order valence-electron chi connectivity index (χ4n) is 1.96. The molecule has 4 nitrogen and oxygen atoms in total. The molecule has 3 heterocycles. The standard InChI is InChI=1S/C11H12ClN3O/c12-8-4-5-10-13-11(14-15(10)7-8)9-3-1-2-6-16-9/h4-5,7,9H,1-3,6H2. The Kier molecular flexibility index (Phi) is 2.53. The third-order valence-corrected chi connectivity index (χ3v) is 3.00. The van der Waals surface area contributed by atoms with Gasteiger partial charge in [-0.25, -0.2) is 9.50 Å². The molecule has 0 N–H and O–H groups in total. The highest BCUT2D eigenvalue weighted by Gasteiger charge is 2.20. The molecule has 1 fully saturated rings. The summed E-state index contributed by atoms with van der Waals surface area (Å²) in [4.78, 5) is 4.45. The monoisotopic (exact) mass is 237 g/mol. The van der Waals surface area contributed by atoms with Crippen molar-refractivity contribution in [3.63, 3.8) is 0 Å². The van der Waals surface area contributed by atoms with Crippen LogP contribution in [0.25, 0.3) is 5.65 Å². The van der Waals surface area contributed by atoms with E-state index in [1.54, 1.807) is 10.7 Å². The molecule has 1 aliphatic heterocycles. The van der Waals surface area contributed by atoms with Gasteiger partial charge >= 0.3 is 0 Å². The summed E-state index contributed by atoms with van der Waals surface area (Å²) in [5.41, 5.74) is 0.813. The summed E-state index contributed by atoms with van der Waals surface area (Å²) in [6, 6.07) is 3.68. The van der Waals surface area contributed by atoms with Crippen LogP contribution in [0, 0.1) is 0 Å². The van der Waals surface area contributed by atoms with Crippen LogP contribution in [0.1, 0.15) is 31.2 Å². The van der Waals surface area contributed by atoms with Gasteiger partial charge in [0.2, 0.25) is 0 Å². The van der Waals surface area contributed by atoms with E-state index in [1.807, 2.05) is 12.1 Å². The van der Waals surface area contributed by atoms with Crippen LogP contribution in [0.2, 0.25) is 5.02 Å². The van der Waals surface area contributed by atoms with E-state index in [0.717, 1.165) is 30.9 Å². The molecule has 3 rings (SSSR count). The molecule has 1 unspecified atom stereocenters. The molecule has 16 heavy (non-hydrogen) atoms. The third-order valence-electron chi connectivity index (χ3n) is 2.78. The predicted molar refractivity (Wildman–Crippen MR) is 60.5 cm³/mol. The SMILES string of the molecule is Clc1ccc2nc(C3CCCCO3)nn2c1. The zero-order valence-corrected chi connectivity index (χ0v) is 9.52. The molecular formula is C11H12ClN3O. The Morgan fingerprint density at radius 3 is 3.12 bits per heavy atom. The molecule has 84 valence electrons. The van der Waals surface area contributed by atoms with E-state index in [4.69, 9.17) is 16.3 Å². The number of hydrogen-bond acceptors (Lipinski definition) is 3. The molecule has 0 spiro atoms. The Hall–Kier alpha value is -1.13. The first-order valence-corrected chi connectivity index (χ1v) is 5.84. The topological polar surface area (TPSA) is 39.4 Å². The highest BCUT2D eigenvalue weighted by atomic mass is 35.5. The third kappa shape index (κ3) is 1.79. The maximum absolute atomic E-state index is 5.89. The van der Waals surface area contributed by atoms with Gasteiger partial charge in [0.1, 0.15) is 6.10 Å². The van der Waals surface area contributed by atoms with Crippen molar-refractivity contribution in [2.75, 3.05) is 6.61 Å². The van der Waals surface area contributed by atoms with Crippen LogP contribution in [0.4, 0.5) is 0 Å². The summed E-state index contributed by atoms with van der Waals surface area (Å²) >= 11 is 5.89. The zero-order chi connectivity index (χ0) is 11.0. The average Bonchev–Trinajstić information content (AvgIpc) is 2.73. The predicted octanol–water partition coefficient (Wildman–Crippen LogP) is 2.62. The molecule has 0 saturated carbocycles. The molecule has 2 aromatic heterocycles. The van der Waals surface area contributed by atoms with Crippen molar-refractivity contribution < 1.29 is 4.74 Å². The summed E-state index contributed by atoms with van der Waals surface area (Å²) in [6.07, 6.45) is 5.13. The number of hydrogen-bond donors (Lipinski definition) is 0. The Balaban J connectivity index is 1.97. The van der Waals surface area contributed by atoms with Gasteiger partial charge in [-0.1, -0.05) is 11.6 Å². The number of aromatic nitrogens is 3. The number of ether oxygens (including phenoxy) is 1. The first kappa shape index (κ1) is 10.1. The minimum absolute atomic E-state index is 0.0485. The number of halogens is 1. The summed E-state index contributed by atoms with van der Waals surface area (Å²) in [5.74, 6) is 0.766. The van der Waals surface area contributed by atoms with E-state index in [1.165, 1.54) is 6.42 Å². The van der Waals surface area contributed by atoms with E-state index in [2.05, 4.69) is 10.1 Å². The van der Waals surface area contributed by atoms with Crippen molar-refractivity contribution in [1.82, 2.24) is 14.6 Å². The van der Waals surface area contributed by atoms with Gasteiger partial charge < -0.3 is 4.74 Å². The molecule has 0 amide bonds. The number of rotatable bonds is 1. The van der Waals surface area contributed by atoms with Gasteiger partial charge in [0.05, 0.1) is 5.02 Å². The Labute approximate surface area is 98.2 Å². The molecule has 2 aromatic rings. The first-order chi connectivity index (χ1) is 7.83. The van der Waals surface area contributed by atoms with Gasteiger partial charge in [-0.05, 0) is 31.4 Å². The average molecular weight is 238 g/mol. The van der Waals surface area contributed by atoms with Crippen LogP contribution in [-0.4, -0.2) is 21.2 Å². The van der Waals surface area contributed by atoms with Crippen LogP contribution in [0.3, 0.4) is 0 Å². The molecule has 1 atom stereocenters. The lowest BCUT2D eigenvalue weighted by atomic mass is 10.1. The first-order valence-electron chi connectivity index (χ1n) is 5.46. The van der Waals surface area contributed by atoms with Crippen LogP contribution >= 0.6 is 11.6 Å². The molecule has 5 heteroatoms. The Bertz CT molecular complexity index is 505. The van der Waals surface area contributed by atoms with Crippen LogP contribution in [-0.2, 0) is 4.74 Å². The molecular weight excluding hydrogens is 226 g/mol. The molecule has 1 saturated heterocycles. The largest absolute Gasteiger partial charge is 0.370 e.